The molecule has 2 aromatic rings. The first-order chi connectivity index (χ1) is 12.2. The molecule has 0 saturated carbocycles. The third kappa shape index (κ3) is 7.57. The van der Waals surface area contributed by atoms with Crippen molar-refractivity contribution in [3.05, 3.63) is 59.8 Å². The van der Waals surface area contributed by atoms with Crippen molar-refractivity contribution in [1.82, 2.24) is 15.2 Å². The smallest absolute Gasteiger partial charge is 0.218 e. The van der Waals surface area contributed by atoms with Gasteiger partial charge in [-0.25, -0.2) is 9.98 Å². The summed E-state index contributed by atoms with van der Waals surface area (Å²) >= 11 is 0. The zero-order valence-corrected chi connectivity index (χ0v) is 17.8. The molecule has 0 saturated heterocycles. The molecule has 1 aromatic heterocycles. The van der Waals surface area contributed by atoms with Gasteiger partial charge in [-0.15, -0.1) is 24.0 Å². The minimum Gasteiger partial charge on any atom is -0.475 e. The summed E-state index contributed by atoms with van der Waals surface area (Å²) in [6, 6.07) is 14.1. The minimum atomic E-state index is 0. The van der Waals surface area contributed by atoms with Gasteiger partial charge >= 0.3 is 0 Å². The van der Waals surface area contributed by atoms with Gasteiger partial charge in [0.1, 0.15) is 6.61 Å². The Morgan fingerprint density at radius 3 is 2.58 bits per heavy atom. The number of aromatic nitrogens is 1. The van der Waals surface area contributed by atoms with Gasteiger partial charge in [0.25, 0.3) is 0 Å². The number of ether oxygens (including phenoxy) is 2. The number of nitrogens with zero attached hydrogens (tertiary/aromatic N) is 3. The van der Waals surface area contributed by atoms with Crippen LogP contribution < -0.4 is 10.1 Å². The molecule has 0 atom stereocenters. The maximum Gasteiger partial charge on any atom is 0.218 e. The summed E-state index contributed by atoms with van der Waals surface area (Å²) in [6.07, 6.45) is 1.72. The van der Waals surface area contributed by atoms with E-state index >= 15 is 0 Å². The van der Waals surface area contributed by atoms with E-state index in [1.54, 1.807) is 13.3 Å². The van der Waals surface area contributed by atoms with Gasteiger partial charge < -0.3 is 19.7 Å². The molecule has 0 radical (unpaired) electrons. The molecule has 1 N–H and O–H groups in total. The number of rotatable bonds is 8. The first kappa shape index (κ1) is 22.2. The van der Waals surface area contributed by atoms with Crippen molar-refractivity contribution in [1.29, 1.82) is 0 Å². The summed E-state index contributed by atoms with van der Waals surface area (Å²) in [4.78, 5) is 10.9. The molecule has 142 valence electrons. The van der Waals surface area contributed by atoms with Crippen LogP contribution in [0.5, 0.6) is 5.88 Å². The maximum atomic E-state index is 5.67. The van der Waals surface area contributed by atoms with Crippen molar-refractivity contribution < 1.29 is 9.47 Å². The molecular formula is C19H27IN4O2. The Kier molecular flexibility index (Phi) is 10.6. The van der Waals surface area contributed by atoms with E-state index in [9.17, 15) is 0 Å². The highest BCUT2D eigenvalue weighted by molar-refractivity contribution is 14.0. The van der Waals surface area contributed by atoms with Crippen molar-refractivity contribution in [2.45, 2.75) is 13.1 Å². The number of halogens is 1. The third-order valence-corrected chi connectivity index (χ3v) is 3.49. The molecule has 0 bridgehead atoms. The predicted octanol–water partition coefficient (Wildman–Crippen LogP) is 2.93. The lowest BCUT2D eigenvalue weighted by Crippen LogP contribution is -2.36. The van der Waals surface area contributed by atoms with Crippen LogP contribution in [0, 0.1) is 0 Å². The van der Waals surface area contributed by atoms with E-state index in [1.165, 1.54) is 5.56 Å². The molecule has 0 fully saturated rings. The molecule has 6 nitrogen and oxygen atoms in total. The average molecular weight is 470 g/mol. The van der Waals surface area contributed by atoms with E-state index in [4.69, 9.17) is 9.47 Å². The highest BCUT2D eigenvalue weighted by Crippen LogP contribution is 2.14. The number of benzene rings is 1. The monoisotopic (exact) mass is 470 g/mol. The zero-order chi connectivity index (χ0) is 17.9. The number of hydrogen-bond acceptors (Lipinski definition) is 4. The number of guanidine groups is 1. The fourth-order valence-corrected chi connectivity index (χ4v) is 2.19. The summed E-state index contributed by atoms with van der Waals surface area (Å²) in [5.41, 5.74) is 2.15. The number of nitrogens with one attached hydrogen (secondary N) is 1. The molecular weight excluding hydrogens is 443 g/mol. The van der Waals surface area contributed by atoms with Gasteiger partial charge in [0.05, 0.1) is 13.2 Å². The van der Waals surface area contributed by atoms with Crippen molar-refractivity contribution in [3.8, 4) is 5.88 Å². The van der Waals surface area contributed by atoms with Gasteiger partial charge in [-0.1, -0.05) is 36.4 Å². The highest BCUT2D eigenvalue weighted by atomic mass is 127. The van der Waals surface area contributed by atoms with Crippen LogP contribution >= 0.6 is 24.0 Å². The minimum absolute atomic E-state index is 0. The van der Waals surface area contributed by atoms with Crippen molar-refractivity contribution >= 4 is 29.9 Å². The molecule has 0 amide bonds. The summed E-state index contributed by atoms with van der Waals surface area (Å²) in [5.74, 6) is 1.43. The Bertz CT molecular complexity index is 666. The Morgan fingerprint density at radius 2 is 1.88 bits per heavy atom. The van der Waals surface area contributed by atoms with Crippen LogP contribution in [0.4, 0.5) is 0 Å². The summed E-state index contributed by atoms with van der Waals surface area (Å²) in [6.45, 7) is 2.22. The quantitative estimate of drug-likeness (QED) is 0.278. The maximum absolute atomic E-state index is 5.67. The van der Waals surface area contributed by atoms with Crippen molar-refractivity contribution in [3.63, 3.8) is 0 Å². The van der Waals surface area contributed by atoms with Crippen molar-refractivity contribution in [2.75, 3.05) is 34.4 Å². The summed E-state index contributed by atoms with van der Waals surface area (Å²) < 4.78 is 10.7. The normalized spacial score (nSPS) is 10.8. The Hall–Kier alpha value is -1.87. The Morgan fingerprint density at radius 1 is 1.12 bits per heavy atom. The first-order valence-electron chi connectivity index (χ1n) is 8.26. The molecule has 1 heterocycles. The predicted molar refractivity (Wildman–Crippen MR) is 115 cm³/mol. The van der Waals surface area contributed by atoms with Gasteiger partial charge in [-0.05, 0) is 11.6 Å². The molecule has 0 aliphatic carbocycles. The molecule has 0 spiro atoms. The van der Waals surface area contributed by atoms with Crippen LogP contribution in [-0.2, 0) is 17.8 Å². The summed E-state index contributed by atoms with van der Waals surface area (Å²) in [5, 5.41) is 3.36. The second-order valence-electron chi connectivity index (χ2n) is 5.68. The summed E-state index contributed by atoms with van der Waals surface area (Å²) in [7, 11) is 5.59. The fraction of sp³-hybridized carbons (Fsp3) is 0.368. The number of hydrogen-bond donors (Lipinski definition) is 1. The fourth-order valence-electron chi connectivity index (χ4n) is 2.19. The Balaban J connectivity index is 0.00000338. The van der Waals surface area contributed by atoms with E-state index in [-0.39, 0.29) is 24.0 Å². The van der Waals surface area contributed by atoms with Crippen LogP contribution in [0.2, 0.25) is 0 Å². The van der Waals surface area contributed by atoms with Crippen LogP contribution in [0.3, 0.4) is 0 Å². The van der Waals surface area contributed by atoms with Crippen LogP contribution in [0.25, 0.3) is 0 Å². The zero-order valence-electron chi connectivity index (χ0n) is 15.5. The second kappa shape index (κ2) is 12.5. The van der Waals surface area contributed by atoms with E-state index in [0.29, 0.717) is 32.2 Å². The lowest BCUT2D eigenvalue weighted by atomic mass is 10.2. The van der Waals surface area contributed by atoms with Crippen LogP contribution in [0.15, 0.2) is 53.7 Å². The van der Waals surface area contributed by atoms with E-state index in [2.05, 4.69) is 27.4 Å². The van der Waals surface area contributed by atoms with Gasteiger partial charge in [-0.3, -0.25) is 0 Å². The first-order valence-corrected chi connectivity index (χ1v) is 8.26. The number of methoxy groups -OCH3 is 1. The van der Waals surface area contributed by atoms with Crippen LogP contribution in [-0.4, -0.2) is 50.3 Å². The average Bonchev–Trinajstić information content (AvgIpc) is 2.63. The molecule has 7 heteroatoms. The van der Waals surface area contributed by atoms with E-state index in [1.807, 2.05) is 49.3 Å². The second-order valence-corrected chi connectivity index (χ2v) is 5.68. The van der Waals surface area contributed by atoms with Gasteiger partial charge in [-0.2, -0.15) is 0 Å². The topological polar surface area (TPSA) is 59.0 Å². The van der Waals surface area contributed by atoms with Crippen molar-refractivity contribution in [2.24, 2.45) is 4.99 Å². The molecule has 2 rings (SSSR count). The SMILES string of the molecule is COCCOc1ncccc1CNC(=NCc1ccccc1)N(C)C.I. The third-order valence-electron chi connectivity index (χ3n) is 3.49. The highest BCUT2D eigenvalue weighted by Gasteiger charge is 2.07. The van der Waals surface area contributed by atoms with E-state index < -0.39 is 0 Å². The lowest BCUT2D eigenvalue weighted by Gasteiger charge is -2.18. The van der Waals surface area contributed by atoms with Gasteiger partial charge in [0.15, 0.2) is 5.96 Å². The number of aliphatic imine (C=N–C) groups is 1. The Labute approximate surface area is 172 Å². The molecule has 0 aliphatic heterocycles. The largest absolute Gasteiger partial charge is 0.475 e. The molecule has 0 unspecified atom stereocenters. The van der Waals surface area contributed by atoms with Gasteiger partial charge in [0, 0.05) is 39.5 Å². The van der Waals surface area contributed by atoms with Gasteiger partial charge in [0.2, 0.25) is 5.88 Å². The van der Waals surface area contributed by atoms with Crippen LogP contribution in [0.1, 0.15) is 11.1 Å². The molecule has 1 aromatic carbocycles. The molecule has 26 heavy (non-hydrogen) atoms. The molecule has 0 aliphatic rings. The van der Waals surface area contributed by atoms with E-state index in [0.717, 1.165) is 11.5 Å². The number of pyridine rings is 1. The lowest BCUT2D eigenvalue weighted by molar-refractivity contribution is 0.143. The standard InChI is InChI=1S/C19H26N4O2.HI/c1-23(2)19(21-14-16-8-5-4-6-9-16)22-15-17-10-7-11-20-18(17)25-13-12-24-3;/h4-11H,12-15H2,1-3H3,(H,21,22);1H.